The van der Waals surface area contributed by atoms with Gasteiger partial charge in [-0.3, -0.25) is 9.83 Å². The number of hydrogen-bond acceptors (Lipinski definition) is 7. The fourth-order valence-electron chi connectivity index (χ4n) is 0.755. The first-order chi connectivity index (χ1) is 7.72. The van der Waals surface area contributed by atoms with E-state index in [2.05, 4.69) is 19.7 Å². The van der Waals surface area contributed by atoms with E-state index in [0.29, 0.717) is 21.9 Å². The van der Waals surface area contributed by atoms with Crippen molar-refractivity contribution >= 4 is 45.1 Å². The van der Waals surface area contributed by atoms with Crippen molar-refractivity contribution in [2.75, 3.05) is 11.1 Å². The predicted molar refractivity (Wildman–Crippen MR) is 60.1 cm³/mol. The summed E-state index contributed by atoms with van der Waals surface area (Å²) in [4.78, 5) is 15.1. The third kappa shape index (κ3) is 8.25. The molecule has 0 aliphatic heterocycles. The van der Waals surface area contributed by atoms with Crippen molar-refractivity contribution in [3.8, 4) is 0 Å². The number of amides is 1. The molecule has 0 aliphatic rings. The maximum absolute atomic E-state index is 11.3. The van der Waals surface area contributed by atoms with Crippen molar-refractivity contribution in [2.45, 2.75) is 0 Å². The Kier molecular flexibility index (Phi) is 10.7. The SMILES string of the molecule is O=C(CSSOO[O-])Nc1ccc(Cl)nc1.[Na+]. The average Bonchev–Trinajstić information content (AvgIpc) is 2.28. The first kappa shape index (κ1) is 17.5. The maximum Gasteiger partial charge on any atom is 1.00 e. The Labute approximate surface area is 133 Å². The van der Waals surface area contributed by atoms with Crippen molar-refractivity contribution in [3.63, 3.8) is 0 Å². The number of halogens is 1. The molecule has 17 heavy (non-hydrogen) atoms. The van der Waals surface area contributed by atoms with E-state index in [-0.39, 0.29) is 41.2 Å². The van der Waals surface area contributed by atoms with Gasteiger partial charge in [0.2, 0.25) is 5.91 Å². The zero-order chi connectivity index (χ0) is 11.8. The van der Waals surface area contributed by atoms with Crippen molar-refractivity contribution in [2.24, 2.45) is 0 Å². The standard InChI is InChI=1S/C7H7ClN2O4S2.Na/c8-6-2-1-5(3-9-6)10-7(11)4-15-16-14-13-12;/h1-3,12H,4H2,(H,10,11);/q;+1/p-1. The zero-order valence-electron chi connectivity index (χ0n) is 8.71. The number of anilines is 1. The van der Waals surface area contributed by atoms with Crippen LogP contribution in [0.5, 0.6) is 0 Å². The number of pyridine rings is 1. The summed E-state index contributed by atoms with van der Waals surface area (Å²) < 4.78 is 3.96. The quantitative estimate of drug-likeness (QED) is 0.126. The largest absolute Gasteiger partial charge is 1.00 e. The molecule has 0 saturated heterocycles. The van der Waals surface area contributed by atoms with Crippen LogP contribution in [0.1, 0.15) is 0 Å². The van der Waals surface area contributed by atoms with Crippen LogP contribution in [0, 0.1) is 0 Å². The number of carbonyl (C=O) groups is 1. The van der Waals surface area contributed by atoms with Crippen LogP contribution in [0.2, 0.25) is 5.15 Å². The zero-order valence-corrected chi connectivity index (χ0v) is 13.1. The topological polar surface area (TPSA) is 83.5 Å². The minimum atomic E-state index is -0.254. The number of hydrogen-bond donors (Lipinski definition) is 1. The second-order valence-corrected chi connectivity index (χ2v) is 4.68. The minimum absolute atomic E-state index is 0. The van der Waals surface area contributed by atoms with E-state index in [4.69, 9.17) is 11.6 Å². The molecule has 0 atom stereocenters. The molecule has 0 spiro atoms. The van der Waals surface area contributed by atoms with Gasteiger partial charge in [0.25, 0.3) is 0 Å². The van der Waals surface area contributed by atoms with Gasteiger partial charge in [0.05, 0.1) is 17.6 Å². The molecule has 0 aromatic carbocycles. The first-order valence-corrected chi connectivity index (χ1v) is 6.51. The smallest absolute Gasteiger partial charge is 0.691 e. The molecule has 1 N–H and O–H groups in total. The van der Waals surface area contributed by atoms with E-state index in [1.807, 2.05) is 0 Å². The fraction of sp³-hybridized carbons (Fsp3) is 0.143. The minimum Gasteiger partial charge on any atom is -0.691 e. The van der Waals surface area contributed by atoms with Crippen molar-refractivity contribution in [1.29, 1.82) is 0 Å². The molecule has 10 heteroatoms. The molecule has 1 amide bonds. The van der Waals surface area contributed by atoms with Crippen molar-refractivity contribution < 1.29 is 49.0 Å². The van der Waals surface area contributed by atoms with Crippen molar-refractivity contribution in [3.05, 3.63) is 23.5 Å². The van der Waals surface area contributed by atoms with Crippen LogP contribution in [-0.2, 0) is 14.2 Å². The molecule has 1 rings (SSSR count). The summed E-state index contributed by atoms with van der Waals surface area (Å²) in [7, 11) is 1.02. The van der Waals surface area contributed by atoms with Crippen LogP contribution < -0.4 is 40.1 Å². The maximum atomic E-state index is 11.3. The van der Waals surface area contributed by atoms with Crippen LogP contribution in [0.3, 0.4) is 0 Å². The van der Waals surface area contributed by atoms with E-state index >= 15 is 0 Å². The van der Waals surface area contributed by atoms with E-state index < -0.39 is 0 Å². The molecule has 0 fully saturated rings. The van der Waals surface area contributed by atoms with Gasteiger partial charge in [-0.15, -0.1) is 0 Å². The predicted octanol–water partition coefficient (Wildman–Crippen LogP) is -1.80. The Balaban J connectivity index is 0.00000256. The van der Waals surface area contributed by atoms with Gasteiger partial charge < -0.3 is 10.6 Å². The van der Waals surface area contributed by atoms with Crippen LogP contribution >= 0.6 is 33.5 Å². The number of aromatic nitrogens is 1. The van der Waals surface area contributed by atoms with Gasteiger partial charge in [-0.1, -0.05) is 22.4 Å². The normalized spacial score (nSPS) is 9.53. The molecule has 1 aromatic heterocycles. The van der Waals surface area contributed by atoms with Gasteiger partial charge >= 0.3 is 29.6 Å². The molecule has 88 valence electrons. The third-order valence-corrected chi connectivity index (χ3v) is 2.92. The number of carbonyl (C=O) groups excluding carboxylic acids is 1. The van der Waals surface area contributed by atoms with Gasteiger partial charge in [-0.25, -0.2) is 4.98 Å². The Bertz CT molecular complexity index is 343. The molecule has 1 aromatic rings. The molecule has 1 heterocycles. The summed E-state index contributed by atoms with van der Waals surface area (Å²) in [5.74, 6) is -0.146. The molecule has 0 bridgehead atoms. The van der Waals surface area contributed by atoms with Crippen LogP contribution in [0.15, 0.2) is 18.3 Å². The van der Waals surface area contributed by atoms with E-state index in [1.54, 1.807) is 12.1 Å². The molecule has 0 radical (unpaired) electrons. The monoisotopic (exact) mass is 304 g/mol. The van der Waals surface area contributed by atoms with Gasteiger partial charge in [-0.2, -0.15) is 4.33 Å². The van der Waals surface area contributed by atoms with Gasteiger partial charge in [-0.05, 0) is 12.1 Å². The van der Waals surface area contributed by atoms with Gasteiger partial charge in [0, 0.05) is 0 Å². The molecule has 0 aliphatic carbocycles. The second-order valence-electron chi connectivity index (χ2n) is 2.38. The third-order valence-electron chi connectivity index (χ3n) is 1.30. The summed E-state index contributed by atoms with van der Waals surface area (Å²) in [6, 6.07) is 3.19. The van der Waals surface area contributed by atoms with E-state index in [0.717, 1.165) is 10.8 Å². The number of nitrogens with one attached hydrogen (secondary N) is 1. The molecule has 0 unspecified atom stereocenters. The van der Waals surface area contributed by atoms with E-state index in [1.165, 1.54) is 6.20 Å². The van der Waals surface area contributed by atoms with Crippen LogP contribution in [-0.4, -0.2) is 16.6 Å². The average molecular weight is 305 g/mol. The number of nitrogens with zero attached hydrogens (tertiary/aromatic N) is 1. The Morgan fingerprint density at radius 1 is 1.59 bits per heavy atom. The summed E-state index contributed by atoms with van der Waals surface area (Å²) in [6.07, 6.45) is 1.44. The van der Waals surface area contributed by atoms with Gasteiger partial charge in [0.1, 0.15) is 16.2 Å². The fourth-order valence-corrected chi connectivity index (χ4v) is 1.81. The molecular weight excluding hydrogens is 299 g/mol. The molecule has 6 nitrogen and oxygen atoms in total. The second kappa shape index (κ2) is 10.4. The molecular formula is C7H6ClN2NaO4S2. The summed E-state index contributed by atoms with van der Waals surface area (Å²) in [5.41, 5.74) is 0.543. The van der Waals surface area contributed by atoms with Crippen molar-refractivity contribution in [1.82, 2.24) is 4.98 Å². The summed E-state index contributed by atoms with van der Waals surface area (Å²) in [6.45, 7) is 0. The first-order valence-electron chi connectivity index (χ1n) is 3.88. The van der Waals surface area contributed by atoms with Crippen LogP contribution in [0.25, 0.3) is 0 Å². The molecule has 0 saturated carbocycles. The Morgan fingerprint density at radius 2 is 2.35 bits per heavy atom. The summed E-state index contributed by atoms with van der Waals surface area (Å²) >= 11 is 6.25. The van der Waals surface area contributed by atoms with Crippen LogP contribution in [0.4, 0.5) is 5.69 Å². The Hall–Kier alpha value is 0.490. The number of rotatable bonds is 6. The van der Waals surface area contributed by atoms with Gasteiger partial charge in [0.15, 0.2) is 0 Å². The van der Waals surface area contributed by atoms with E-state index in [9.17, 15) is 10.1 Å². The summed E-state index contributed by atoms with van der Waals surface area (Å²) in [5, 5.41) is 15.4. The Morgan fingerprint density at radius 3 is 2.94 bits per heavy atom.